The molecule has 44 heavy (non-hydrogen) atoms. The summed E-state index contributed by atoms with van der Waals surface area (Å²) in [5.74, 6) is -2.19. The van der Waals surface area contributed by atoms with Gasteiger partial charge in [-0.15, -0.1) is 5.10 Å². The van der Waals surface area contributed by atoms with Gasteiger partial charge in [0.15, 0.2) is 11.6 Å². The summed E-state index contributed by atoms with van der Waals surface area (Å²) in [6.45, 7) is 11.0. The Morgan fingerprint density at radius 1 is 0.955 bits per heavy atom. The monoisotopic (exact) mass is 616 g/mol. The molecule has 0 aliphatic carbocycles. The average Bonchev–Trinajstić information content (AvgIpc) is 3.00. The minimum Gasteiger partial charge on any atom is -0.410 e. The van der Waals surface area contributed by atoms with Gasteiger partial charge in [-0.25, -0.2) is 8.78 Å². The molecule has 4 aromatic rings. The topological polar surface area (TPSA) is 80.1 Å². The summed E-state index contributed by atoms with van der Waals surface area (Å²) in [6.07, 6.45) is 1.06. The van der Waals surface area contributed by atoms with Gasteiger partial charge in [0.25, 0.3) is 8.32 Å². The third kappa shape index (κ3) is 6.02. The zero-order valence-corrected chi connectivity index (χ0v) is 26.7. The SMILES string of the molecule is C[C@@H]1CN(c2c(CO[Si](c3ccccc3)(c3ccccc3)C(C)(C)C)cc(C(=NO)c3cccnn3)c(F)c2F)C[C@H](C)O1. The molecule has 1 saturated heterocycles. The molecule has 3 aromatic carbocycles. The molecule has 0 amide bonds. The lowest BCUT2D eigenvalue weighted by molar-refractivity contribution is -0.00553. The molecular formula is C34H38F2N4O3Si. The van der Waals surface area contributed by atoms with Crippen LogP contribution in [0.2, 0.25) is 5.04 Å². The predicted molar refractivity (Wildman–Crippen MR) is 170 cm³/mol. The van der Waals surface area contributed by atoms with Crippen LogP contribution >= 0.6 is 0 Å². The van der Waals surface area contributed by atoms with E-state index in [2.05, 4.69) is 60.4 Å². The highest BCUT2D eigenvalue weighted by Crippen LogP contribution is 2.39. The largest absolute Gasteiger partial charge is 0.410 e. The molecule has 230 valence electrons. The van der Waals surface area contributed by atoms with E-state index < -0.39 is 20.0 Å². The number of nitrogens with zero attached hydrogens (tertiary/aromatic N) is 4. The van der Waals surface area contributed by atoms with Crippen molar-refractivity contribution in [3.8, 4) is 0 Å². The van der Waals surface area contributed by atoms with Crippen LogP contribution in [-0.2, 0) is 15.8 Å². The number of hydrogen-bond donors (Lipinski definition) is 1. The third-order valence-corrected chi connectivity index (χ3v) is 13.0. The molecule has 0 radical (unpaired) electrons. The molecule has 1 N–H and O–H groups in total. The summed E-state index contributed by atoms with van der Waals surface area (Å²) in [5.41, 5.74) is 0.190. The molecule has 0 unspecified atom stereocenters. The Morgan fingerprint density at radius 3 is 2.05 bits per heavy atom. The maximum Gasteiger partial charge on any atom is 0.261 e. The highest BCUT2D eigenvalue weighted by atomic mass is 28.4. The van der Waals surface area contributed by atoms with Gasteiger partial charge in [0.1, 0.15) is 11.4 Å². The fourth-order valence-corrected chi connectivity index (χ4v) is 10.8. The zero-order valence-electron chi connectivity index (χ0n) is 25.7. The first kappa shape index (κ1) is 31.4. The Labute approximate surface area is 258 Å². The van der Waals surface area contributed by atoms with Crippen LogP contribution in [-0.4, -0.2) is 54.7 Å². The van der Waals surface area contributed by atoms with Crippen LogP contribution in [0, 0.1) is 11.6 Å². The number of hydrogen-bond acceptors (Lipinski definition) is 7. The smallest absolute Gasteiger partial charge is 0.261 e. The number of anilines is 1. The molecule has 1 fully saturated rings. The minimum atomic E-state index is -3.04. The number of halogens is 2. The number of benzene rings is 3. The van der Waals surface area contributed by atoms with Crippen molar-refractivity contribution >= 4 is 30.1 Å². The molecule has 1 aliphatic heterocycles. The fraction of sp³-hybridized carbons (Fsp3) is 0.324. The first-order valence-electron chi connectivity index (χ1n) is 14.7. The quantitative estimate of drug-likeness (QED) is 0.119. The van der Waals surface area contributed by atoms with Crippen molar-refractivity contribution in [2.45, 2.75) is 58.5 Å². The number of aromatic nitrogens is 2. The first-order valence-corrected chi connectivity index (χ1v) is 16.6. The summed E-state index contributed by atoms with van der Waals surface area (Å²) in [7, 11) is -3.04. The minimum absolute atomic E-state index is 0.0217. The van der Waals surface area contributed by atoms with Crippen molar-refractivity contribution < 1.29 is 23.2 Å². The summed E-state index contributed by atoms with van der Waals surface area (Å²) < 4.78 is 45.5. The molecular weight excluding hydrogens is 578 g/mol. The van der Waals surface area contributed by atoms with E-state index in [1.54, 1.807) is 6.07 Å². The van der Waals surface area contributed by atoms with E-state index in [9.17, 15) is 5.21 Å². The Hall–Kier alpha value is -3.99. The molecule has 1 aromatic heterocycles. The number of rotatable bonds is 8. The molecule has 0 bridgehead atoms. The van der Waals surface area contributed by atoms with Crippen LogP contribution in [0.5, 0.6) is 0 Å². The molecule has 5 rings (SSSR count). The average molecular weight is 617 g/mol. The van der Waals surface area contributed by atoms with E-state index in [-0.39, 0.29) is 46.5 Å². The molecule has 2 atom stereocenters. The van der Waals surface area contributed by atoms with Crippen molar-refractivity contribution in [3.63, 3.8) is 0 Å². The van der Waals surface area contributed by atoms with Crippen molar-refractivity contribution in [1.82, 2.24) is 10.2 Å². The van der Waals surface area contributed by atoms with Gasteiger partial charge in [-0.05, 0) is 47.5 Å². The zero-order chi connectivity index (χ0) is 31.5. The maximum absolute atomic E-state index is 16.4. The van der Waals surface area contributed by atoms with Gasteiger partial charge < -0.3 is 19.3 Å². The van der Waals surface area contributed by atoms with Crippen LogP contribution in [0.3, 0.4) is 0 Å². The fourth-order valence-electron chi connectivity index (χ4n) is 6.27. The third-order valence-electron chi connectivity index (χ3n) is 8.03. The second-order valence-electron chi connectivity index (χ2n) is 12.2. The van der Waals surface area contributed by atoms with Gasteiger partial charge in [-0.2, -0.15) is 5.10 Å². The van der Waals surface area contributed by atoms with Gasteiger partial charge in [-0.1, -0.05) is 86.6 Å². The van der Waals surface area contributed by atoms with Crippen LogP contribution < -0.4 is 15.3 Å². The lowest BCUT2D eigenvalue weighted by Crippen LogP contribution is -2.66. The Morgan fingerprint density at radius 2 is 1.55 bits per heavy atom. The van der Waals surface area contributed by atoms with E-state index in [0.29, 0.717) is 18.7 Å². The molecule has 10 heteroatoms. The van der Waals surface area contributed by atoms with Gasteiger partial charge in [0.2, 0.25) is 0 Å². The van der Waals surface area contributed by atoms with Crippen LogP contribution in [0.25, 0.3) is 0 Å². The molecule has 0 spiro atoms. The lowest BCUT2D eigenvalue weighted by atomic mass is 10.00. The molecule has 2 heterocycles. The molecule has 7 nitrogen and oxygen atoms in total. The summed E-state index contributed by atoms with van der Waals surface area (Å²) >= 11 is 0. The normalized spacial score (nSPS) is 18.0. The summed E-state index contributed by atoms with van der Waals surface area (Å²) in [6, 6.07) is 24.9. The standard InChI is InChI=1S/C34H38F2N4O3Si/c1-23-20-40(21-24(2)43-23)33-25(19-28(30(35)31(33)36)32(39-41)29-17-12-18-37-38-29)22-42-44(34(3,4)5,26-13-8-6-9-14-26)27-15-10-7-11-16-27/h6-19,23-24,41H,20-22H2,1-5H3/t23-,24+. The molecule has 0 saturated carbocycles. The Bertz CT molecular complexity index is 1550. The number of oxime groups is 1. The van der Waals surface area contributed by atoms with Crippen molar-refractivity contribution in [3.05, 3.63) is 114 Å². The first-order chi connectivity index (χ1) is 21.1. The van der Waals surface area contributed by atoms with Crippen LogP contribution in [0.4, 0.5) is 14.5 Å². The Balaban J connectivity index is 1.70. The van der Waals surface area contributed by atoms with E-state index in [0.717, 1.165) is 10.4 Å². The van der Waals surface area contributed by atoms with E-state index in [4.69, 9.17) is 9.16 Å². The van der Waals surface area contributed by atoms with Crippen molar-refractivity contribution in [2.75, 3.05) is 18.0 Å². The summed E-state index contributed by atoms with van der Waals surface area (Å²) in [5, 5.41) is 22.9. The second-order valence-corrected chi connectivity index (χ2v) is 16.5. The van der Waals surface area contributed by atoms with Gasteiger partial charge in [0.05, 0.1) is 24.5 Å². The van der Waals surface area contributed by atoms with E-state index in [1.165, 1.54) is 18.3 Å². The summed E-state index contributed by atoms with van der Waals surface area (Å²) in [4.78, 5) is 1.82. The molecule has 1 aliphatic rings. The van der Waals surface area contributed by atoms with Crippen molar-refractivity contribution in [2.24, 2.45) is 5.16 Å². The highest BCUT2D eigenvalue weighted by Gasteiger charge is 2.50. The van der Waals surface area contributed by atoms with Gasteiger partial charge in [0, 0.05) is 30.4 Å². The van der Waals surface area contributed by atoms with Gasteiger partial charge >= 0.3 is 0 Å². The second kappa shape index (κ2) is 12.9. The van der Waals surface area contributed by atoms with Crippen LogP contribution in [0.15, 0.2) is 90.2 Å². The predicted octanol–water partition coefficient (Wildman–Crippen LogP) is 5.67. The van der Waals surface area contributed by atoms with Crippen molar-refractivity contribution in [1.29, 1.82) is 0 Å². The number of morpholine rings is 1. The lowest BCUT2D eigenvalue weighted by Gasteiger charge is -2.43. The van der Waals surface area contributed by atoms with Crippen LogP contribution in [0.1, 0.15) is 51.4 Å². The van der Waals surface area contributed by atoms with E-state index in [1.807, 2.05) is 55.1 Å². The number of ether oxygens (including phenoxy) is 1. The van der Waals surface area contributed by atoms with Gasteiger partial charge in [-0.3, -0.25) is 0 Å². The Kier molecular flexibility index (Phi) is 9.24. The van der Waals surface area contributed by atoms with E-state index >= 15 is 8.78 Å². The highest BCUT2D eigenvalue weighted by molar-refractivity contribution is 6.99. The maximum atomic E-state index is 16.4.